The first-order valence-corrected chi connectivity index (χ1v) is 15.4. The van der Waals surface area contributed by atoms with E-state index in [9.17, 15) is 14.4 Å². The molecule has 3 aromatic carbocycles. The molecule has 246 valence electrons. The minimum atomic E-state index is -0.854. The zero-order valence-electron chi connectivity index (χ0n) is 27.4. The number of likely N-dealkylation sites (tertiary alicyclic amines) is 1. The quantitative estimate of drug-likeness (QED) is 0.131. The van der Waals surface area contributed by atoms with Gasteiger partial charge in [-0.15, -0.1) is 4.99 Å². The average molecular weight is 642 g/mol. The van der Waals surface area contributed by atoms with Crippen LogP contribution in [0.2, 0.25) is 0 Å². The highest BCUT2D eigenvalue weighted by Gasteiger charge is 2.35. The number of ether oxygens (including phenoxy) is 3. The zero-order valence-corrected chi connectivity index (χ0v) is 27.4. The molecule has 1 aliphatic heterocycles. The molecule has 1 saturated heterocycles. The third kappa shape index (κ3) is 8.93. The van der Waals surface area contributed by atoms with E-state index in [1.807, 2.05) is 54.6 Å². The Morgan fingerprint density at radius 2 is 1.64 bits per heavy atom. The first-order chi connectivity index (χ1) is 22.2. The number of aliphatic imine (C=N–C) groups is 1. The Labute approximate surface area is 273 Å². The van der Waals surface area contributed by atoms with Gasteiger partial charge in [0.1, 0.15) is 23.0 Å². The van der Waals surface area contributed by atoms with Crippen molar-refractivity contribution in [2.45, 2.75) is 71.6 Å². The number of rotatable bonds is 6. The SMILES string of the molecule is CC(C)(C)OC(=O)/N=C(/NC(=O)OC(C)(C)C)N1CCC[C@H]1c1nc(-c2ccc3cc(OCC(=O)c4ccccc4)ccc3c2)no1. The normalized spacial score (nSPS) is 15.4. The molecule has 2 heterocycles. The summed E-state index contributed by atoms with van der Waals surface area (Å²) in [6.07, 6.45) is -0.265. The Balaban J connectivity index is 1.32. The number of hydrogen-bond donors (Lipinski definition) is 1. The summed E-state index contributed by atoms with van der Waals surface area (Å²) >= 11 is 0. The molecule has 0 radical (unpaired) electrons. The maximum absolute atomic E-state index is 12.7. The Morgan fingerprint density at radius 3 is 2.36 bits per heavy atom. The predicted molar refractivity (Wildman–Crippen MR) is 175 cm³/mol. The first kappa shape index (κ1) is 33.1. The van der Waals surface area contributed by atoms with Gasteiger partial charge in [0.25, 0.3) is 0 Å². The molecule has 0 aliphatic carbocycles. The summed E-state index contributed by atoms with van der Waals surface area (Å²) in [6.45, 7) is 10.8. The monoisotopic (exact) mass is 641 g/mol. The lowest BCUT2D eigenvalue weighted by Gasteiger charge is -2.27. The van der Waals surface area contributed by atoms with Crippen LogP contribution in [0.3, 0.4) is 0 Å². The highest BCUT2D eigenvalue weighted by molar-refractivity contribution is 5.99. The van der Waals surface area contributed by atoms with E-state index in [1.165, 1.54) is 0 Å². The van der Waals surface area contributed by atoms with E-state index in [0.717, 1.165) is 22.8 Å². The van der Waals surface area contributed by atoms with Crippen LogP contribution < -0.4 is 10.1 Å². The molecule has 0 spiro atoms. The Morgan fingerprint density at radius 1 is 0.936 bits per heavy atom. The van der Waals surface area contributed by atoms with E-state index in [-0.39, 0.29) is 18.3 Å². The van der Waals surface area contributed by atoms with Gasteiger partial charge in [-0.1, -0.05) is 53.7 Å². The van der Waals surface area contributed by atoms with Gasteiger partial charge in [0.15, 0.2) is 12.4 Å². The van der Waals surface area contributed by atoms with Crippen LogP contribution in [0, 0.1) is 0 Å². The topological polar surface area (TPSA) is 145 Å². The number of Topliss-reactive ketones (excluding diaryl/α,β-unsaturated/α-hetero) is 1. The molecule has 12 heteroatoms. The molecule has 5 rings (SSSR count). The second kappa shape index (κ2) is 13.6. The van der Waals surface area contributed by atoms with Gasteiger partial charge < -0.3 is 23.6 Å². The van der Waals surface area contributed by atoms with E-state index >= 15 is 0 Å². The number of aromatic nitrogens is 2. The summed E-state index contributed by atoms with van der Waals surface area (Å²) in [4.78, 5) is 48.3. The first-order valence-electron chi connectivity index (χ1n) is 15.4. The molecule has 0 unspecified atom stereocenters. The highest BCUT2D eigenvalue weighted by Crippen LogP contribution is 2.33. The van der Waals surface area contributed by atoms with E-state index in [2.05, 4.69) is 20.4 Å². The smallest absolute Gasteiger partial charge is 0.437 e. The average Bonchev–Trinajstić information content (AvgIpc) is 3.68. The van der Waals surface area contributed by atoms with Crippen molar-refractivity contribution in [1.29, 1.82) is 0 Å². The van der Waals surface area contributed by atoms with Crippen LogP contribution in [-0.4, -0.2) is 63.3 Å². The van der Waals surface area contributed by atoms with Crippen LogP contribution in [-0.2, 0) is 9.47 Å². The molecule has 0 saturated carbocycles. The predicted octanol–water partition coefficient (Wildman–Crippen LogP) is 7.10. The fourth-order valence-electron chi connectivity index (χ4n) is 5.00. The lowest BCUT2D eigenvalue weighted by Crippen LogP contribution is -2.46. The van der Waals surface area contributed by atoms with E-state index in [4.69, 9.17) is 18.7 Å². The maximum atomic E-state index is 12.7. The summed E-state index contributed by atoms with van der Waals surface area (Å²) < 4.78 is 22.3. The molecule has 0 bridgehead atoms. The molecule has 47 heavy (non-hydrogen) atoms. The molecule has 1 fully saturated rings. The number of nitrogens with zero attached hydrogens (tertiary/aromatic N) is 4. The highest BCUT2D eigenvalue weighted by atomic mass is 16.6. The molecule has 1 atom stereocenters. The van der Waals surface area contributed by atoms with Crippen molar-refractivity contribution >= 4 is 34.7 Å². The summed E-state index contributed by atoms with van der Waals surface area (Å²) in [5.74, 6) is 1.16. The van der Waals surface area contributed by atoms with E-state index in [0.29, 0.717) is 36.0 Å². The van der Waals surface area contributed by atoms with Crippen molar-refractivity contribution in [3.63, 3.8) is 0 Å². The molecule has 4 aromatic rings. The molecular weight excluding hydrogens is 602 g/mol. The third-order valence-corrected chi connectivity index (χ3v) is 6.99. The van der Waals surface area contributed by atoms with Crippen LogP contribution in [0.25, 0.3) is 22.2 Å². The lowest BCUT2D eigenvalue weighted by molar-refractivity contribution is 0.0552. The number of alkyl carbamates (subject to hydrolysis) is 1. The minimum Gasteiger partial charge on any atom is -0.485 e. The minimum absolute atomic E-state index is 0.0232. The van der Waals surface area contributed by atoms with Crippen LogP contribution in [0.15, 0.2) is 76.2 Å². The van der Waals surface area contributed by atoms with Crippen molar-refractivity contribution in [2.24, 2.45) is 4.99 Å². The van der Waals surface area contributed by atoms with Gasteiger partial charge in [-0.05, 0) is 83.4 Å². The van der Waals surface area contributed by atoms with Crippen LogP contribution in [0.4, 0.5) is 9.59 Å². The Hall–Kier alpha value is -5.26. The molecule has 2 amide bonds. The fourth-order valence-corrected chi connectivity index (χ4v) is 5.00. The number of guanidine groups is 1. The fraction of sp³-hybridized carbons (Fsp3) is 0.371. The summed E-state index contributed by atoms with van der Waals surface area (Å²) in [6, 6.07) is 19.9. The van der Waals surface area contributed by atoms with Crippen molar-refractivity contribution in [1.82, 2.24) is 20.4 Å². The lowest BCUT2D eigenvalue weighted by atomic mass is 10.1. The number of nitrogens with one attached hydrogen (secondary N) is 1. The van der Waals surface area contributed by atoms with Crippen LogP contribution in [0.1, 0.15) is 76.7 Å². The summed E-state index contributed by atoms with van der Waals surface area (Å²) in [5.41, 5.74) is -0.203. The van der Waals surface area contributed by atoms with Gasteiger partial charge in [0.2, 0.25) is 17.7 Å². The standard InChI is InChI=1S/C35H39N5O7/c1-34(2,3)45-32(42)37-31(38-33(43)46-35(4,5)6)40-18-10-13-27(40)30-36-29(39-47-30)25-15-14-24-20-26(17-16-23(24)19-25)44-21-28(41)22-11-8-7-9-12-22/h7-9,11-12,14-17,19-20,27H,10,13,18,21H2,1-6H3,(H,37,38,42,43)/t27-/m0/s1. The number of carbonyl (C=O) groups is 3. The molecule has 1 aliphatic rings. The van der Waals surface area contributed by atoms with Crippen molar-refractivity contribution in [3.05, 3.63) is 78.2 Å². The Kier molecular flexibility index (Phi) is 9.59. The third-order valence-electron chi connectivity index (χ3n) is 6.99. The number of fused-ring (bicyclic) bond motifs is 1. The zero-order chi connectivity index (χ0) is 33.8. The number of ketones is 1. The second-order valence-corrected chi connectivity index (χ2v) is 13.2. The van der Waals surface area contributed by atoms with Gasteiger partial charge in [-0.25, -0.2) is 9.59 Å². The van der Waals surface area contributed by atoms with Gasteiger partial charge in [0, 0.05) is 17.7 Å². The van der Waals surface area contributed by atoms with E-state index in [1.54, 1.807) is 58.6 Å². The van der Waals surface area contributed by atoms with Crippen LogP contribution in [0.5, 0.6) is 5.75 Å². The van der Waals surface area contributed by atoms with Crippen molar-refractivity contribution in [2.75, 3.05) is 13.2 Å². The molecule has 12 nitrogen and oxygen atoms in total. The largest absolute Gasteiger partial charge is 0.485 e. The van der Waals surface area contributed by atoms with Gasteiger partial charge >= 0.3 is 12.2 Å². The number of amides is 2. The summed E-state index contributed by atoms with van der Waals surface area (Å²) in [7, 11) is 0. The second-order valence-electron chi connectivity index (χ2n) is 13.2. The summed E-state index contributed by atoms with van der Waals surface area (Å²) in [5, 5.41) is 8.68. The number of benzene rings is 3. The number of hydrogen-bond acceptors (Lipinski definition) is 9. The molecule has 1 aromatic heterocycles. The van der Waals surface area contributed by atoms with Gasteiger partial charge in [-0.3, -0.25) is 10.1 Å². The molecular formula is C35H39N5O7. The van der Waals surface area contributed by atoms with Gasteiger partial charge in [0.05, 0.1) is 0 Å². The van der Waals surface area contributed by atoms with Gasteiger partial charge in [-0.2, -0.15) is 4.98 Å². The van der Waals surface area contributed by atoms with Crippen LogP contribution >= 0.6 is 0 Å². The number of carbonyl (C=O) groups excluding carboxylic acids is 3. The van der Waals surface area contributed by atoms with Crippen molar-refractivity contribution < 1.29 is 33.1 Å². The molecule has 1 N–H and O–H groups in total. The maximum Gasteiger partial charge on any atom is 0.437 e. The van der Waals surface area contributed by atoms with E-state index < -0.39 is 29.4 Å². The van der Waals surface area contributed by atoms with Crippen molar-refractivity contribution in [3.8, 4) is 17.1 Å². The Bertz CT molecular complexity index is 1790.